The number of nitrogens with zero attached hydrogens (tertiary/aromatic N) is 1. The van der Waals surface area contributed by atoms with Crippen molar-refractivity contribution in [3.63, 3.8) is 0 Å². The second kappa shape index (κ2) is 6.75. The van der Waals surface area contributed by atoms with Crippen LogP contribution in [-0.4, -0.2) is 19.1 Å². The van der Waals surface area contributed by atoms with Crippen LogP contribution in [0.1, 0.15) is 12.5 Å². The van der Waals surface area contributed by atoms with Crippen molar-refractivity contribution in [2.75, 3.05) is 11.9 Å². The molecule has 0 aliphatic heterocycles. The Morgan fingerprint density at radius 2 is 1.71 bits per heavy atom. The molecule has 122 valence electrons. The maximum Gasteiger partial charge on any atom is 0.267 e. The first-order valence-electron chi connectivity index (χ1n) is 8.04. The number of ether oxygens (including phenoxy) is 1. The van der Waals surface area contributed by atoms with Crippen molar-refractivity contribution in [1.82, 2.24) is 0 Å². The number of hydrogen-bond acceptors (Lipinski definition) is 2. The molecule has 0 aliphatic rings. The molecular weight excluding hydrogens is 298 g/mol. The minimum atomic E-state index is -0.553. The lowest BCUT2D eigenvalue weighted by atomic mass is 10.1. The molecule has 3 aromatic rings. The highest BCUT2D eigenvalue weighted by Crippen LogP contribution is 2.22. The fourth-order valence-electron chi connectivity index (χ4n) is 2.73. The summed E-state index contributed by atoms with van der Waals surface area (Å²) in [4.78, 5) is 14.3. The molecule has 0 saturated carbocycles. The van der Waals surface area contributed by atoms with Crippen LogP contribution in [0, 0.1) is 6.92 Å². The van der Waals surface area contributed by atoms with Gasteiger partial charge >= 0.3 is 0 Å². The van der Waals surface area contributed by atoms with Crippen molar-refractivity contribution in [2.45, 2.75) is 20.0 Å². The maximum absolute atomic E-state index is 12.7. The van der Waals surface area contributed by atoms with Gasteiger partial charge in [-0.05, 0) is 54.4 Å². The van der Waals surface area contributed by atoms with Gasteiger partial charge in [0, 0.05) is 12.7 Å². The van der Waals surface area contributed by atoms with Crippen LogP contribution >= 0.6 is 0 Å². The zero-order valence-electron chi connectivity index (χ0n) is 14.2. The third-order valence-electron chi connectivity index (χ3n) is 4.10. The molecule has 1 amide bonds. The lowest BCUT2D eigenvalue weighted by Crippen LogP contribution is -2.38. The Bertz CT molecular complexity index is 872. The average molecular weight is 319 g/mol. The SMILES string of the molecule is Cc1cccc(OC(C)C(=O)N(C)c2ccc3ccccc3c2)c1. The summed E-state index contributed by atoms with van der Waals surface area (Å²) in [6.07, 6.45) is -0.553. The zero-order chi connectivity index (χ0) is 17.1. The Morgan fingerprint density at radius 1 is 0.958 bits per heavy atom. The molecule has 3 nitrogen and oxygen atoms in total. The summed E-state index contributed by atoms with van der Waals surface area (Å²) in [5.41, 5.74) is 1.97. The highest BCUT2D eigenvalue weighted by Gasteiger charge is 2.20. The number of carbonyl (C=O) groups is 1. The predicted octanol–water partition coefficient (Wildman–Crippen LogP) is 4.58. The number of anilines is 1. The van der Waals surface area contributed by atoms with Gasteiger partial charge in [-0.25, -0.2) is 0 Å². The van der Waals surface area contributed by atoms with Gasteiger partial charge in [0.25, 0.3) is 5.91 Å². The number of benzene rings is 3. The van der Waals surface area contributed by atoms with Gasteiger partial charge in [0.15, 0.2) is 6.10 Å². The number of hydrogen-bond donors (Lipinski definition) is 0. The smallest absolute Gasteiger partial charge is 0.267 e. The molecule has 0 saturated heterocycles. The van der Waals surface area contributed by atoms with Crippen LogP contribution in [0.4, 0.5) is 5.69 Å². The summed E-state index contributed by atoms with van der Waals surface area (Å²) in [5, 5.41) is 2.27. The molecule has 0 N–H and O–H groups in total. The van der Waals surface area contributed by atoms with E-state index in [2.05, 4.69) is 6.07 Å². The predicted molar refractivity (Wildman–Crippen MR) is 98.6 cm³/mol. The maximum atomic E-state index is 12.7. The summed E-state index contributed by atoms with van der Waals surface area (Å²) in [7, 11) is 1.78. The number of carbonyl (C=O) groups excluding carboxylic acids is 1. The molecule has 3 aromatic carbocycles. The van der Waals surface area contributed by atoms with Crippen molar-refractivity contribution in [3.05, 3.63) is 72.3 Å². The van der Waals surface area contributed by atoms with Crippen LogP contribution in [0.25, 0.3) is 10.8 Å². The topological polar surface area (TPSA) is 29.5 Å². The molecule has 0 aromatic heterocycles. The van der Waals surface area contributed by atoms with E-state index in [-0.39, 0.29) is 5.91 Å². The average Bonchev–Trinajstić information content (AvgIpc) is 2.60. The quantitative estimate of drug-likeness (QED) is 0.704. The number of fused-ring (bicyclic) bond motifs is 1. The summed E-state index contributed by atoms with van der Waals surface area (Å²) in [5.74, 6) is 0.634. The van der Waals surface area contributed by atoms with E-state index in [1.807, 2.05) is 67.6 Å². The van der Waals surface area contributed by atoms with Gasteiger partial charge in [-0.3, -0.25) is 4.79 Å². The van der Waals surface area contributed by atoms with Gasteiger partial charge in [0.05, 0.1) is 0 Å². The van der Waals surface area contributed by atoms with Crippen molar-refractivity contribution >= 4 is 22.4 Å². The molecule has 0 heterocycles. The largest absolute Gasteiger partial charge is 0.481 e. The number of amides is 1. The molecule has 0 aliphatic carbocycles. The highest BCUT2D eigenvalue weighted by atomic mass is 16.5. The first kappa shape index (κ1) is 16.1. The van der Waals surface area contributed by atoms with Crippen LogP contribution in [0.2, 0.25) is 0 Å². The fraction of sp³-hybridized carbons (Fsp3) is 0.190. The molecule has 3 heteroatoms. The van der Waals surface area contributed by atoms with Gasteiger partial charge in [0.1, 0.15) is 5.75 Å². The standard InChI is InChI=1S/C21H21NO2/c1-15-7-6-10-20(13-15)24-16(2)21(23)22(3)19-12-11-17-8-4-5-9-18(17)14-19/h4-14,16H,1-3H3. The Balaban J connectivity index is 1.77. The van der Waals surface area contributed by atoms with Crippen LogP contribution in [0.15, 0.2) is 66.7 Å². The van der Waals surface area contributed by atoms with E-state index in [4.69, 9.17) is 4.74 Å². The Hall–Kier alpha value is -2.81. The summed E-state index contributed by atoms with van der Waals surface area (Å²) in [6, 6.07) is 21.8. The first-order valence-corrected chi connectivity index (χ1v) is 8.04. The highest BCUT2D eigenvalue weighted by molar-refractivity contribution is 5.98. The molecule has 3 rings (SSSR count). The van der Waals surface area contributed by atoms with Crippen molar-refractivity contribution in [2.24, 2.45) is 0 Å². The number of aryl methyl sites for hydroxylation is 1. The van der Waals surface area contributed by atoms with Gasteiger partial charge < -0.3 is 9.64 Å². The Morgan fingerprint density at radius 3 is 2.46 bits per heavy atom. The van der Waals surface area contributed by atoms with Crippen molar-refractivity contribution in [3.8, 4) is 5.75 Å². The molecule has 0 radical (unpaired) electrons. The Labute approximate surface area is 142 Å². The lowest BCUT2D eigenvalue weighted by Gasteiger charge is -2.22. The van der Waals surface area contributed by atoms with E-state index in [0.717, 1.165) is 22.0 Å². The molecule has 1 unspecified atom stereocenters. The normalized spacial score (nSPS) is 12.0. The molecular formula is C21H21NO2. The molecule has 0 fully saturated rings. The van der Waals surface area contributed by atoms with Crippen LogP contribution in [0.5, 0.6) is 5.75 Å². The summed E-state index contributed by atoms with van der Waals surface area (Å²) in [6.45, 7) is 3.78. The second-order valence-electron chi connectivity index (χ2n) is 6.01. The van der Waals surface area contributed by atoms with Gasteiger partial charge in [-0.15, -0.1) is 0 Å². The van der Waals surface area contributed by atoms with Gasteiger partial charge in [-0.2, -0.15) is 0 Å². The van der Waals surface area contributed by atoms with E-state index in [1.54, 1.807) is 18.9 Å². The van der Waals surface area contributed by atoms with E-state index >= 15 is 0 Å². The Kier molecular flexibility index (Phi) is 4.52. The van der Waals surface area contributed by atoms with E-state index in [1.165, 1.54) is 0 Å². The van der Waals surface area contributed by atoms with E-state index in [0.29, 0.717) is 5.75 Å². The van der Waals surface area contributed by atoms with Gasteiger partial charge in [-0.1, -0.05) is 42.5 Å². The lowest BCUT2D eigenvalue weighted by molar-refractivity contribution is -0.124. The minimum absolute atomic E-state index is 0.0770. The van der Waals surface area contributed by atoms with Crippen molar-refractivity contribution in [1.29, 1.82) is 0 Å². The number of rotatable bonds is 4. The van der Waals surface area contributed by atoms with E-state index in [9.17, 15) is 4.79 Å². The molecule has 0 bridgehead atoms. The first-order chi connectivity index (χ1) is 11.5. The minimum Gasteiger partial charge on any atom is -0.481 e. The molecule has 1 atom stereocenters. The third-order valence-corrected chi connectivity index (χ3v) is 4.10. The van der Waals surface area contributed by atoms with E-state index < -0.39 is 6.10 Å². The fourth-order valence-corrected chi connectivity index (χ4v) is 2.73. The van der Waals surface area contributed by atoms with Crippen molar-refractivity contribution < 1.29 is 9.53 Å². The number of likely N-dealkylation sites (N-methyl/N-ethyl adjacent to an activating group) is 1. The summed E-state index contributed by atoms with van der Waals surface area (Å²) >= 11 is 0. The van der Waals surface area contributed by atoms with Crippen LogP contribution < -0.4 is 9.64 Å². The molecule has 24 heavy (non-hydrogen) atoms. The van der Waals surface area contributed by atoms with Crippen LogP contribution in [0.3, 0.4) is 0 Å². The monoisotopic (exact) mass is 319 g/mol. The van der Waals surface area contributed by atoms with Gasteiger partial charge in [0.2, 0.25) is 0 Å². The summed E-state index contributed by atoms with van der Waals surface area (Å²) < 4.78 is 5.80. The molecule has 0 spiro atoms. The zero-order valence-corrected chi connectivity index (χ0v) is 14.2. The third kappa shape index (κ3) is 3.40. The van der Waals surface area contributed by atoms with Crippen LogP contribution in [-0.2, 0) is 4.79 Å². The second-order valence-corrected chi connectivity index (χ2v) is 6.01.